The highest BCUT2D eigenvalue weighted by Crippen LogP contribution is 2.36. The Bertz CT molecular complexity index is 354. The van der Waals surface area contributed by atoms with Gasteiger partial charge in [-0.25, -0.2) is 0 Å². The molecule has 0 fully saturated rings. The Morgan fingerprint density at radius 2 is 1.94 bits per heavy atom. The molecular weight excluding hydrogens is 214 g/mol. The molecule has 94 valence electrons. The van der Waals surface area contributed by atoms with Crippen molar-refractivity contribution in [2.75, 3.05) is 20.3 Å². The fourth-order valence-corrected chi connectivity index (χ4v) is 2.41. The van der Waals surface area contributed by atoms with Crippen LogP contribution in [0.3, 0.4) is 0 Å². The zero-order valence-corrected chi connectivity index (χ0v) is 10.6. The van der Waals surface area contributed by atoms with Crippen LogP contribution in [0, 0.1) is 0 Å². The third kappa shape index (κ3) is 3.06. The van der Waals surface area contributed by atoms with E-state index in [0.29, 0.717) is 25.2 Å². The molecule has 1 aliphatic rings. The third-order valence-electron chi connectivity index (χ3n) is 3.41. The van der Waals surface area contributed by atoms with E-state index in [2.05, 4.69) is 36.7 Å². The summed E-state index contributed by atoms with van der Waals surface area (Å²) in [5, 5.41) is 0. The molecule has 0 spiro atoms. The van der Waals surface area contributed by atoms with Crippen LogP contribution in [0.1, 0.15) is 42.9 Å². The largest absolute Gasteiger partial charge is 0.382 e. The van der Waals surface area contributed by atoms with Gasteiger partial charge >= 0.3 is 0 Å². The van der Waals surface area contributed by atoms with Crippen molar-refractivity contribution < 1.29 is 9.57 Å². The van der Waals surface area contributed by atoms with Gasteiger partial charge in [-0.05, 0) is 29.9 Å². The quantitative estimate of drug-likeness (QED) is 0.629. The van der Waals surface area contributed by atoms with Crippen LogP contribution in [-0.2, 0) is 9.57 Å². The number of hydrogen-bond donors (Lipinski definition) is 1. The molecule has 3 nitrogen and oxygen atoms in total. The molecule has 17 heavy (non-hydrogen) atoms. The van der Waals surface area contributed by atoms with Gasteiger partial charge in [-0.3, -0.25) is 4.84 Å². The maximum absolute atomic E-state index is 5.43. The minimum absolute atomic E-state index is 0.319. The van der Waals surface area contributed by atoms with E-state index in [9.17, 15) is 0 Å². The fraction of sp³-hybridized carbons (Fsp3) is 0.571. The van der Waals surface area contributed by atoms with Crippen molar-refractivity contribution >= 4 is 0 Å². The summed E-state index contributed by atoms with van der Waals surface area (Å²) in [4.78, 5) is 5.43. The predicted octanol–water partition coefficient (Wildman–Crippen LogP) is 2.79. The molecule has 2 rings (SSSR count). The maximum Gasteiger partial charge on any atom is 0.0916 e. The van der Waals surface area contributed by atoms with Crippen molar-refractivity contribution in [1.29, 1.82) is 0 Å². The minimum atomic E-state index is 0.319. The second-order valence-corrected chi connectivity index (χ2v) is 4.62. The molecular formula is C14H21NO2. The maximum atomic E-state index is 5.43. The number of nitrogens with one attached hydrogen (secondary N) is 1. The molecule has 0 radical (unpaired) electrons. The van der Waals surface area contributed by atoms with Gasteiger partial charge in [0.15, 0.2) is 0 Å². The van der Waals surface area contributed by atoms with Gasteiger partial charge in [0.1, 0.15) is 0 Å². The Hall–Kier alpha value is -0.900. The number of ether oxygens (including phenoxy) is 1. The standard InChI is InChI=1S/C14H21NO2/c1-11-7-8-14(15-17-10-9-16-2)13-6-4-3-5-12(11)13/h3-6,11,14-15H,7-10H2,1-2H3. The smallest absolute Gasteiger partial charge is 0.0916 e. The summed E-state index contributed by atoms with van der Waals surface area (Å²) >= 11 is 0. The number of methoxy groups -OCH3 is 1. The van der Waals surface area contributed by atoms with E-state index in [0.717, 1.165) is 6.42 Å². The number of benzene rings is 1. The lowest BCUT2D eigenvalue weighted by molar-refractivity contribution is -0.0158. The SMILES string of the molecule is COCCONC1CCC(C)c2ccccc21. The molecule has 0 aromatic heterocycles. The predicted molar refractivity (Wildman–Crippen MR) is 67.8 cm³/mol. The Kier molecular flexibility index (Phi) is 4.54. The molecule has 2 unspecified atom stereocenters. The van der Waals surface area contributed by atoms with Crippen molar-refractivity contribution in [3.05, 3.63) is 35.4 Å². The van der Waals surface area contributed by atoms with Gasteiger partial charge < -0.3 is 4.74 Å². The van der Waals surface area contributed by atoms with Crippen LogP contribution in [0.15, 0.2) is 24.3 Å². The van der Waals surface area contributed by atoms with Gasteiger partial charge in [-0.15, -0.1) is 0 Å². The number of hydrogen-bond acceptors (Lipinski definition) is 3. The normalized spacial score (nSPS) is 23.4. The first kappa shape index (κ1) is 12.6. The molecule has 1 aromatic carbocycles. The summed E-state index contributed by atoms with van der Waals surface area (Å²) < 4.78 is 4.95. The zero-order valence-electron chi connectivity index (χ0n) is 10.6. The molecule has 0 saturated heterocycles. The molecule has 1 N–H and O–H groups in total. The van der Waals surface area contributed by atoms with Gasteiger partial charge in [0, 0.05) is 7.11 Å². The Labute approximate surface area is 103 Å². The molecule has 3 heteroatoms. The van der Waals surface area contributed by atoms with Crippen molar-refractivity contribution in [3.63, 3.8) is 0 Å². The Morgan fingerprint density at radius 3 is 2.71 bits per heavy atom. The molecule has 0 amide bonds. The van der Waals surface area contributed by atoms with Crippen molar-refractivity contribution in [2.45, 2.75) is 31.7 Å². The minimum Gasteiger partial charge on any atom is -0.382 e. The van der Waals surface area contributed by atoms with Gasteiger partial charge in [0.25, 0.3) is 0 Å². The van der Waals surface area contributed by atoms with E-state index in [4.69, 9.17) is 9.57 Å². The summed E-state index contributed by atoms with van der Waals surface area (Å²) in [5.41, 5.74) is 5.98. The van der Waals surface area contributed by atoms with Crippen LogP contribution in [0.2, 0.25) is 0 Å². The monoisotopic (exact) mass is 235 g/mol. The van der Waals surface area contributed by atoms with E-state index < -0.39 is 0 Å². The van der Waals surface area contributed by atoms with Gasteiger partial charge in [0.05, 0.1) is 19.3 Å². The van der Waals surface area contributed by atoms with Crippen molar-refractivity contribution in [3.8, 4) is 0 Å². The molecule has 0 aliphatic heterocycles. The lowest BCUT2D eigenvalue weighted by atomic mass is 9.81. The van der Waals surface area contributed by atoms with Crippen molar-refractivity contribution in [2.24, 2.45) is 0 Å². The highest BCUT2D eigenvalue weighted by atomic mass is 16.7. The molecule has 1 aliphatic carbocycles. The van der Waals surface area contributed by atoms with E-state index in [1.54, 1.807) is 7.11 Å². The number of hydroxylamine groups is 1. The second-order valence-electron chi connectivity index (χ2n) is 4.62. The van der Waals surface area contributed by atoms with E-state index in [1.165, 1.54) is 17.5 Å². The number of rotatable bonds is 5. The van der Waals surface area contributed by atoms with Crippen LogP contribution < -0.4 is 5.48 Å². The molecule has 0 bridgehead atoms. The lowest BCUT2D eigenvalue weighted by Crippen LogP contribution is -2.27. The average molecular weight is 235 g/mol. The Balaban J connectivity index is 1.98. The first-order valence-corrected chi connectivity index (χ1v) is 6.28. The van der Waals surface area contributed by atoms with Crippen LogP contribution in [-0.4, -0.2) is 20.3 Å². The molecule has 1 aromatic rings. The second kappa shape index (κ2) is 6.15. The van der Waals surface area contributed by atoms with Crippen LogP contribution in [0.25, 0.3) is 0 Å². The van der Waals surface area contributed by atoms with Crippen LogP contribution in [0.4, 0.5) is 0 Å². The van der Waals surface area contributed by atoms with Crippen LogP contribution in [0.5, 0.6) is 0 Å². The van der Waals surface area contributed by atoms with Gasteiger partial charge in [0.2, 0.25) is 0 Å². The fourth-order valence-electron chi connectivity index (χ4n) is 2.41. The summed E-state index contributed by atoms with van der Waals surface area (Å²) in [5.74, 6) is 0.656. The van der Waals surface area contributed by atoms with Gasteiger partial charge in [-0.2, -0.15) is 5.48 Å². The topological polar surface area (TPSA) is 30.5 Å². The highest BCUT2D eigenvalue weighted by Gasteiger charge is 2.24. The van der Waals surface area contributed by atoms with Gasteiger partial charge in [-0.1, -0.05) is 31.2 Å². The van der Waals surface area contributed by atoms with Crippen LogP contribution >= 0.6 is 0 Å². The molecule has 0 heterocycles. The third-order valence-corrected chi connectivity index (χ3v) is 3.41. The summed E-state index contributed by atoms with van der Waals surface area (Å²) in [6.45, 7) is 3.50. The summed E-state index contributed by atoms with van der Waals surface area (Å²) in [7, 11) is 1.68. The average Bonchev–Trinajstić information content (AvgIpc) is 2.37. The first-order valence-electron chi connectivity index (χ1n) is 6.28. The highest BCUT2D eigenvalue weighted by molar-refractivity contribution is 5.34. The lowest BCUT2D eigenvalue weighted by Gasteiger charge is -2.29. The number of fused-ring (bicyclic) bond motifs is 1. The first-order chi connectivity index (χ1) is 8.33. The van der Waals surface area contributed by atoms with E-state index in [-0.39, 0.29) is 0 Å². The molecule has 2 atom stereocenters. The van der Waals surface area contributed by atoms with E-state index >= 15 is 0 Å². The van der Waals surface area contributed by atoms with E-state index in [1.807, 2.05) is 0 Å². The summed E-state index contributed by atoms with van der Waals surface area (Å²) in [6, 6.07) is 8.95. The van der Waals surface area contributed by atoms with Crippen molar-refractivity contribution in [1.82, 2.24) is 5.48 Å². The summed E-state index contributed by atoms with van der Waals surface area (Å²) in [6.07, 6.45) is 2.34. The zero-order chi connectivity index (χ0) is 12.1. The molecule has 0 saturated carbocycles. The Morgan fingerprint density at radius 1 is 1.18 bits per heavy atom.